The Morgan fingerprint density at radius 1 is 0.762 bits per heavy atom. The van der Waals surface area contributed by atoms with Crippen molar-refractivity contribution in [3.05, 3.63) is 131 Å². The smallest absolute Gasteiger partial charge is 0.310 e. The molecule has 0 aliphatic heterocycles. The molecule has 0 fully saturated rings. The fraction of sp³-hybridized carbons (Fsp3) is 0.0938. The topological polar surface area (TPSA) is 21.6 Å². The van der Waals surface area contributed by atoms with Gasteiger partial charge in [0, 0.05) is 11.1 Å². The first kappa shape index (κ1) is 30.4. The quantitative estimate of drug-likeness (QED) is 0.0595. The molecular weight excluding hydrogens is 579 g/mol. The second-order valence-corrected chi connectivity index (χ2v) is 9.19. The van der Waals surface area contributed by atoms with E-state index in [2.05, 4.69) is 28.5 Å². The molecule has 0 saturated heterocycles. The lowest BCUT2D eigenvalue weighted by molar-refractivity contribution is 0.169. The highest BCUT2D eigenvalue weighted by Gasteiger charge is 2.19. The van der Waals surface area contributed by atoms with Gasteiger partial charge in [-0.2, -0.15) is 13.8 Å². The van der Waals surface area contributed by atoms with E-state index in [9.17, 15) is 30.7 Å². The van der Waals surface area contributed by atoms with Gasteiger partial charge >= 0.3 is 6.01 Å². The lowest BCUT2D eigenvalue weighted by Crippen LogP contribution is -1.98. The van der Waals surface area contributed by atoms with Gasteiger partial charge in [0.15, 0.2) is 11.6 Å². The average Bonchev–Trinajstić information content (AvgIpc) is 2.96. The highest BCUT2D eigenvalue weighted by molar-refractivity contribution is 7.78. The highest BCUT2D eigenvalue weighted by atomic mass is 32.1. The van der Waals surface area contributed by atoms with Crippen LogP contribution in [0.4, 0.5) is 36.4 Å². The third-order valence-electron chi connectivity index (χ3n) is 6.26. The first-order chi connectivity index (χ1) is 20.1. The second-order valence-electron chi connectivity index (χ2n) is 9.00. The van der Waals surface area contributed by atoms with E-state index < -0.39 is 52.2 Å². The zero-order chi connectivity index (χ0) is 30.4. The minimum Gasteiger partial charge on any atom is -0.464 e. The normalized spacial score (nSPS) is 11.5. The number of benzene rings is 4. The summed E-state index contributed by atoms with van der Waals surface area (Å²) in [7, 11) is 0. The van der Waals surface area contributed by atoms with Crippen molar-refractivity contribution in [2.24, 2.45) is 4.99 Å². The molecule has 2 nitrogen and oxygen atoms in total. The predicted octanol–water partition coefficient (Wildman–Crippen LogP) is 10.0. The SMILES string of the molecule is C=CCO/C(F)=C(\F)c1ccc(-c2ccc(CCc3cc(F)c(-c4cc(F)c(N=C=S)c(F)c4)c(F)c3)cc2)c(F)c1. The van der Waals surface area contributed by atoms with Crippen molar-refractivity contribution in [2.45, 2.75) is 12.8 Å². The lowest BCUT2D eigenvalue weighted by atomic mass is 9.97. The fourth-order valence-electron chi connectivity index (χ4n) is 4.24. The Bertz CT molecular complexity index is 1680. The summed E-state index contributed by atoms with van der Waals surface area (Å²) < 4.78 is 105. The van der Waals surface area contributed by atoms with Gasteiger partial charge in [0.1, 0.15) is 29.7 Å². The maximum absolute atomic E-state index is 14.9. The average molecular weight is 600 g/mol. The highest BCUT2D eigenvalue weighted by Crippen LogP contribution is 2.33. The Hall–Kier alpha value is -4.53. The van der Waals surface area contributed by atoms with Crippen LogP contribution in [0.2, 0.25) is 0 Å². The lowest BCUT2D eigenvalue weighted by Gasteiger charge is -2.11. The molecule has 0 amide bonds. The van der Waals surface area contributed by atoms with Crippen molar-refractivity contribution in [3.63, 3.8) is 0 Å². The summed E-state index contributed by atoms with van der Waals surface area (Å²) in [5, 5.41) is 1.84. The Kier molecular flexibility index (Phi) is 9.72. The second kappa shape index (κ2) is 13.4. The van der Waals surface area contributed by atoms with E-state index in [4.69, 9.17) is 0 Å². The molecule has 0 radical (unpaired) electrons. The van der Waals surface area contributed by atoms with Crippen molar-refractivity contribution >= 4 is 28.9 Å². The van der Waals surface area contributed by atoms with Crippen molar-refractivity contribution in [2.75, 3.05) is 6.61 Å². The number of hydrogen-bond donors (Lipinski definition) is 0. The monoisotopic (exact) mass is 599 g/mol. The number of hydrogen-bond acceptors (Lipinski definition) is 3. The van der Waals surface area contributed by atoms with Crippen LogP contribution in [0.15, 0.2) is 90.4 Å². The summed E-state index contributed by atoms with van der Waals surface area (Å²) in [6.45, 7) is 3.09. The molecule has 42 heavy (non-hydrogen) atoms. The summed E-state index contributed by atoms with van der Waals surface area (Å²) in [6.07, 6.45) is 1.83. The zero-order valence-electron chi connectivity index (χ0n) is 21.7. The van der Waals surface area contributed by atoms with Gasteiger partial charge in [-0.1, -0.05) is 49.1 Å². The van der Waals surface area contributed by atoms with Crippen LogP contribution in [0, 0.1) is 29.1 Å². The number of halogens is 7. The maximum atomic E-state index is 14.9. The number of rotatable bonds is 10. The van der Waals surface area contributed by atoms with Crippen LogP contribution in [0.25, 0.3) is 28.1 Å². The van der Waals surface area contributed by atoms with Gasteiger partial charge in [0.2, 0.25) is 5.83 Å². The molecule has 0 aliphatic carbocycles. The molecule has 0 atom stereocenters. The van der Waals surface area contributed by atoms with Gasteiger partial charge in [-0.15, -0.1) is 0 Å². The van der Waals surface area contributed by atoms with E-state index in [-0.39, 0.29) is 29.7 Å². The number of thiocarbonyl (C=S) groups is 1. The van der Waals surface area contributed by atoms with Gasteiger partial charge in [-0.25, -0.2) is 22.0 Å². The molecule has 0 heterocycles. The van der Waals surface area contributed by atoms with Gasteiger partial charge in [-0.3, -0.25) is 0 Å². The Labute approximate surface area is 242 Å². The van der Waals surface area contributed by atoms with Gasteiger partial charge in [0.05, 0.1) is 10.7 Å². The van der Waals surface area contributed by atoms with E-state index in [1.54, 1.807) is 24.3 Å². The Morgan fingerprint density at radius 3 is 1.95 bits per heavy atom. The molecule has 4 aromatic rings. The van der Waals surface area contributed by atoms with Crippen LogP contribution in [-0.4, -0.2) is 11.8 Å². The molecule has 0 spiro atoms. The Balaban J connectivity index is 1.48. The zero-order valence-corrected chi connectivity index (χ0v) is 22.5. The number of isothiocyanates is 1. The minimum atomic E-state index is -1.48. The van der Waals surface area contributed by atoms with E-state index in [0.717, 1.165) is 35.9 Å². The Morgan fingerprint density at radius 2 is 1.38 bits per heavy atom. The summed E-state index contributed by atoms with van der Waals surface area (Å²) in [6, 6.07) is 12.2. The van der Waals surface area contributed by atoms with E-state index in [1.165, 1.54) is 18.2 Å². The van der Waals surface area contributed by atoms with Gasteiger partial charge in [-0.05, 0) is 77.6 Å². The molecule has 0 bridgehead atoms. The van der Waals surface area contributed by atoms with E-state index in [1.807, 2.05) is 5.16 Å². The van der Waals surface area contributed by atoms with Crippen LogP contribution in [0.3, 0.4) is 0 Å². The molecule has 4 rings (SSSR count). The summed E-state index contributed by atoms with van der Waals surface area (Å²) in [5.41, 5.74) is -0.253. The molecular formula is C32H20F7NOS. The van der Waals surface area contributed by atoms with Crippen LogP contribution in [-0.2, 0) is 17.6 Å². The number of aliphatic imine (C=N–C) groups is 1. The minimum absolute atomic E-state index is 0.153. The van der Waals surface area contributed by atoms with E-state index in [0.29, 0.717) is 17.5 Å². The molecule has 214 valence electrons. The molecule has 0 aromatic heterocycles. The first-order valence-corrected chi connectivity index (χ1v) is 12.8. The summed E-state index contributed by atoms with van der Waals surface area (Å²) in [4.78, 5) is 3.28. The summed E-state index contributed by atoms with van der Waals surface area (Å²) in [5.74, 6) is -6.40. The predicted molar refractivity (Wildman–Crippen MR) is 151 cm³/mol. The molecule has 0 unspecified atom stereocenters. The van der Waals surface area contributed by atoms with Crippen molar-refractivity contribution in [1.82, 2.24) is 0 Å². The maximum Gasteiger partial charge on any atom is 0.310 e. The third kappa shape index (κ3) is 6.84. The summed E-state index contributed by atoms with van der Waals surface area (Å²) >= 11 is 4.34. The van der Waals surface area contributed by atoms with Crippen LogP contribution in [0.5, 0.6) is 0 Å². The van der Waals surface area contributed by atoms with Crippen molar-refractivity contribution in [3.8, 4) is 22.3 Å². The first-order valence-electron chi connectivity index (χ1n) is 12.4. The standard InChI is InChI=1S/C32H20F7NOS/c1-2-11-41-32(39)30(38)21-9-10-23(24(33)14-21)20-7-5-18(6-8-20)3-4-19-12-25(34)29(26(35)13-19)22-15-27(36)31(40-17-42)28(37)16-22/h2,5-10,12-16H,1,3-4,11H2/b32-30-. The fourth-order valence-corrected chi connectivity index (χ4v) is 4.33. The number of aryl methyl sites for hydroxylation is 2. The van der Waals surface area contributed by atoms with Crippen LogP contribution in [0.1, 0.15) is 16.7 Å². The van der Waals surface area contributed by atoms with Crippen LogP contribution >= 0.6 is 12.2 Å². The van der Waals surface area contributed by atoms with Crippen LogP contribution < -0.4 is 0 Å². The number of nitrogens with zero attached hydrogens (tertiary/aromatic N) is 1. The van der Waals surface area contributed by atoms with E-state index >= 15 is 0 Å². The molecule has 0 aliphatic rings. The third-order valence-corrected chi connectivity index (χ3v) is 6.35. The molecule has 0 saturated carbocycles. The number of ether oxygens (including phenoxy) is 1. The molecule has 0 N–H and O–H groups in total. The van der Waals surface area contributed by atoms with Crippen molar-refractivity contribution in [1.29, 1.82) is 0 Å². The molecule has 10 heteroatoms. The largest absolute Gasteiger partial charge is 0.464 e. The van der Waals surface area contributed by atoms with Gasteiger partial charge < -0.3 is 4.74 Å². The van der Waals surface area contributed by atoms with Gasteiger partial charge in [0.25, 0.3) is 0 Å². The van der Waals surface area contributed by atoms with Crippen molar-refractivity contribution < 1.29 is 35.5 Å². The molecule has 4 aromatic carbocycles.